The molecule has 0 unspecified atom stereocenters. The smallest absolute Gasteiger partial charge is 0.255 e. The van der Waals surface area contributed by atoms with E-state index in [4.69, 9.17) is 5.26 Å². The second-order valence-corrected chi connectivity index (χ2v) is 3.77. The summed E-state index contributed by atoms with van der Waals surface area (Å²) in [6.45, 7) is 2.23. The molecule has 1 heterocycles. The highest BCUT2D eigenvalue weighted by Gasteiger charge is 2.17. The Morgan fingerprint density at radius 1 is 1.58 bits per heavy atom. The van der Waals surface area contributed by atoms with Crippen LogP contribution in [0.3, 0.4) is 0 Å². The number of halogens is 1. The molecule has 0 aliphatic rings. The van der Waals surface area contributed by atoms with E-state index < -0.39 is 5.82 Å². The van der Waals surface area contributed by atoms with Gasteiger partial charge in [-0.15, -0.1) is 0 Å². The number of aromatic nitrogens is 2. The highest BCUT2D eigenvalue weighted by atomic mass is 19.1. The van der Waals surface area contributed by atoms with E-state index in [1.54, 1.807) is 13.0 Å². The standard InChI is InChI=1S/C13H11FN4O/c1-2-16-13(19)11-8-17-18(12(11)7-15)10-5-3-4-9(14)6-10/h3-6,8H,2H2,1H3,(H,16,19). The van der Waals surface area contributed by atoms with Crippen molar-refractivity contribution < 1.29 is 9.18 Å². The number of nitriles is 1. The SMILES string of the molecule is CCNC(=O)c1cnn(-c2cccc(F)c2)c1C#N. The van der Waals surface area contributed by atoms with Crippen LogP contribution in [0.15, 0.2) is 30.5 Å². The lowest BCUT2D eigenvalue weighted by Crippen LogP contribution is -2.23. The Labute approximate surface area is 109 Å². The molecule has 0 fully saturated rings. The van der Waals surface area contributed by atoms with Gasteiger partial charge in [0.2, 0.25) is 0 Å². The van der Waals surface area contributed by atoms with Crippen LogP contribution in [0, 0.1) is 17.1 Å². The van der Waals surface area contributed by atoms with E-state index in [0.29, 0.717) is 12.2 Å². The topological polar surface area (TPSA) is 70.7 Å². The van der Waals surface area contributed by atoms with Crippen molar-refractivity contribution in [3.05, 3.63) is 47.5 Å². The van der Waals surface area contributed by atoms with Crippen molar-refractivity contribution in [2.45, 2.75) is 6.92 Å². The summed E-state index contributed by atoms with van der Waals surface area (Å²) in [6.07, 6.45) is 1.30. The van der Waals surface area contributed by atoms with Crippen LogP contribution in [0.2, 0.25) is 0 Å². The van der Waals surface area contributed by atoms with Crippen LogP contribution in [-0.2, 0) is 0 Å². The summed E-state index contributed by atoms with van der Waals surface area (Å²) in [6, 6.07) is 7.58. The summed E-state index contributed by atoms with van der Waals surface area (Å²) in [5.74, 6) is -0.807. The maximum atomic E-state index is 13.2. The Kier molecular flexibility index (Phi) is 3.57. The average molecular weight is 258 g/mol. The highest BCUT2D eigenvalue weighted by molar-refractivity contribution is 5.96. The van der Waals surface area contributed by atoms with Crippen LogP contribution < -0.4 is 5.32 Å². The van der Waals surface area contributed by atoms with Crippen molar-refractivity contribution in [2.75, 3.05) is 6.54 Å². The molecule has 96 valence electrons. The summed E-state index contributed by atoms with van der Waals surface area (Å²) in [4.78, 5) is 11.7. The minimum Gasteiger partial charge on any atom is -0.352 e. The third kappa shape index (κ3) is 2.45. The molecule has 5 nitrogen and oxygen atoms in total. The molecule has 1 N–H and O–H groups in total. The largest absolute Gasteiger partial charge is 0.352 e. The van der Waals surface area contributed by atoms with Crippen LogP contribution in [0.25, 0.3) is 5.69 Å². The van der Waals surface area contributed by atoms with E-state index in [-0.39, 0.29) is 17.2 Å². The Hall–Kier alpha value is -2.68. The van der Waals surface area contributed by atoms with E-state index in [1.807, 2.05) is 6.07 Å². The normalized spacial score (nSPS) is 9.95. The zero-order valence-electron chi connectivity index (χ0n) is 10.2. The third-order valence-corrected chi connectivity index (χ3v) is 2.51. The number of nitrogens with zero attached hydrogens (tertiary/aromatic N) is 3. The van der Waals surface area contributed by atoms with Gasteiger partial charge in [-0.25, -0.2) is 9.07 Å². The molecule has 0 aliphatic heterocycles. The summed E-state index contributed by atoms with van der Waals surface area (Å²) in [5.41, 5.74) is 0.650. The van der Waals surface area contributed by atoms with Crippen LogP contribution >= 0.6 is 0 Å². The summed E-state index contributed by atoms with van der Waals surface area (Å²) in [7, 11) is 0. The van der Waals surface area contributed by atoms with Crippen LogP contribution in [0.1, 0.15) is 23.0 Å². The maximum Gasteiger partial charge on any atom is 0.255 e. The Bertz CT molecular complexity index is 657. The number of carbonyl (C=O) groups excluding carboxylic acids is 1. The van der Waals surface area contributed by atoms with Crippen LogP contribution in [-0.4, -0.2) is 22.2 Å². The molecule has 0 spiro atoms. The van der Waals surface area contributed by atoms with Gasteiger partial charge in [0.05, 0.1) is 17.4 Å². The van der Waals surface area contributed by atoms with Gasteiger partial charge in [0.1, 0.15) is 11.9 Å². The second-order valence-electron chi connectivity index (χ2n) is 3.77. The quantitative estimate of drug-likeness (QED) is 0.909. The number of hydrogen-bond acceptors (Lipinski definition) is 3. The molecule has 0 saturated carbocycles. The molecule has 0 aliphatic carbocycles. The minimum absolute atomic E-state index is 0.0801. The summed E-state index contributed by atoms with van der Waals surface area (Å²) < 4.78 is 14.4. The van der Waals surface area contributed by atoms with E-state index in [2.05, 4.69) is 10.4 Å². The van der Waals surface area contributed by atoms with Gasteiger partial charge in [0.25, 0.3) is 5.91 Å². The minimum atomic E-state index is -0.434. The van der Waals surface area contributed by atoms with Gasteiger partial charge in [-0.3, -0.25) is 4.79 Å². The molecule has 2 rings (SSSR count). The van der Waals surface area contributed by atoms with E-state index in [9.17, 15) is 9.18 Å². The third-order valence-electron chi connectivity index (χ3n) is 2.51. The summed E-state index contributed by atoms with van der Waals surface area (Å²) in [5, 5.41) is 15.7. The lowest BCUT2D eigenvalue weighted by molar-refractivity contribution is 0.0955. The average Bonchev–Trinajstić information content (AvgIpc) is 2.82. The molecule has 0 radical (unpaired) electrons. The first-order valence-corrected chi connectivity index (χ1v) is 5.69. The van der Waals surface area contributed by atoms with E-state index in [0.717, 1.165) is 0 Å². The van der Waals surface area contributed by atoms with Crippen molar-refractivity contribution >= 4 is 5.91 Å². The van der Waals surface area contributed by atoms with Crippen molar-refractivity contribution in [1.29, 1.82) is 5.26 Å². The lowest BCUT2D eigenvalue weighted by atomic mass is 10.2. The van der Waals surface area contributed by atoms with Gasteiger partial charge in [0.15, 0.2) is 5.69 Å². The monoisotopic (exact) mass is 258 g/mol. The highest BCUT2D eigenvalue weighted by Crippen LogP contribution is 2.15. The number of nitrogens with one attached hydrogen (secondary N) is 1. The number of rotatable bonds is 3. The maximum absolute atomic E-state index is 13.2. The predicted molar refractivity (Wildman–Crippen MR) is 66.2 cm³/mol. The van der Waals surface area contributed by atoms with Gasteiger partial charge in [-0.05, 0) is 25.1 Å². The fourth-order valence-corrected chi connectivity index (χ4v) is 1.68. The number of amides is 1. The molecule has 2 aromatic rings. The molecule has 6 heteroatoms. The van der Waals surface area contributed by atoms with Gasteiger partial charge >= 0.3 is 0 Å². The van der Waals surface area contributed by atoms with Crippen molar-refractivity contribution in [3.63, 3.8) is 0 Å². The first-order valence-electron chi connectivity index (χ1n) is 5.69. The number of benzene rings is 1. The fourth-order valence-electron chi connectivity index (χ4n) is 1.68. The number of hydrogen-bond donors (Lipinski definition) is 1. The predicted octanol–water partition coefficient (Wildman–Crippen LogP) is 1.63. The number of carbonyl (C=O) groups is 1. The van der Waals surface area contributed by atoms with E-state index >= 15 is 0 Å². The van der Waals surface area contributed by atoms with Crippen LogP contribution in [0.5, 0.6) is 0 Å². The fraction of sp³-hybridized carbons (Fsp3) is 0.154. The first kappa shape index (κ1) is 12.8. The van der Waals surface area contributed by atoms with E-state index in [1.165, 1.54) is 29.1 Å². The zero-order chi connectivity index (χ0) is 13.8. The molecule has 1 amide bonds. The Morgan fingerprint density at radius 3 is 3.00 bits per heavy atom. The molecule has 0 atom stereocenters. The lowest BCUT2D eigenvalue weighted by Gasteiger charge is -2.04. The Morgan fingerprint density at radius 2 is 2.37 bits per heavy atom. The molecular formula is C13H11FN4O. The van der Waals surface area contributed by atoms with Crippen LogP contribution in [0.4, 0.5) is 4.39 Å². The molecule has 19 heavy (non-hydrogen) atoms. The van der Waals surface area contributed by atoms with Crippen molar-refractivity contribution in [1.82, 2.24) is 15.1 Å². The van der Waals surface area contributed by atoms with Crippen molar-refractivity contribution in [2.24, 2.45) is 0 Å². The van der Waals surface area contributed by atoms with Gasteiger partial charge in [-0.2, -0.15) is 10.4 Å². The zero-order valence-corrected chi connectivity index (χ0v) is 10.2. The molecule has 1 aromatic carbocycles. The molecule has 0 bridgehead atoms. The first-order chi connectivity index (χ1) is 9.17. The Balaban J connectivity index is 2.49. The van der Waals surface area contributed by atoms with Gasteiger partial charge in [0, 0.05) is 6.54 Å². The summed E-state index contributed by atoms with van der Waals surface area (Å²) >= 11 is 0. The van der Waals surface area contributed by atoms with Crippen molar-refractivity contribution in [3.8, 4) is 11.8 Å². The van der Waals surface area contributed by atoms with Gasteiger partial charge < -0.3 is 5.32 Å². The van der Waals surface area contributed by atoms with Gasteiger partial charge in [-0.1, -0.05) is 6.07 Å². The molecular weight excluding hydrogens is 247 g/mol. The molecule has 1 aromatic heterocycles. The molecule has 0 saturated heterocycles. The second kappa shape index (κ2) is 5.31.